The molecule has 0 saturated carbocycles. The van der Waals surface area contributed by atoms with Crippen LogP contribution < -0.4 is 11.1 Å². The molecule has 7 heteroatoms. The molecule has 3 aromatic rings. The van der Waals surface area contributed by atoms with Crippen molar-refractivity contribution in [3.63, 3.8) is 0 Å². The maximum Gasteiger partial charge on any atom is 0.258 e. The molecule has 0 fully saturated rings. The molecule has 3 heterocycles. The van der Waals surface area contributed by atoms with Gasteiger partial charge in [-0.05, 0) is 43.2 Å². The first kappa shape index (κ1) is 15.6. The predicted molar refractivity (Wildman–Crippen MR) is 92.9 cm³/mol. The van der Waals surface area contributed by atoms with Crippen molar-refractivity contribution in [3.8, 4) is 11.4 Å². The van der Waals surface area contributed by atoms with Crippen LogP contribution >= 0.6 is 0 Å². The minimum atomic E-state index is -0.226. The number of nitrogens with two attached hydrogens (primary N) is 1. The fourth-order valence-electron chi connectivity index (χ4n) is 3.03. The van der Waals surface area contributed by atoms with Gasteiger partial charge in [-0.15, -0.1) is 10.2 Å². The van der Waals surface area contributed by atoms with E-state index in [1.807, 2.05) is 24.3 Å². The van der Waals surface area contributed by atoms with Gasteiger partial charge in [-0.25, -0.2) is 0 Å². The number of amides is 1. The van der Waals surface area contributed by atoms with Crippen LogP contribution in [-0.4, -0.2) is 20.7 Å². The Balaban J connectivity index is 1.50. The van der Waals surface area contributed by atoms with Crippen LogP contribution in [0, 0.1) is 0 Å². The van der Waals surface area contributed by atoms with Crippen molar-refractivity contribution < 1.29 is 9.21 Å². The summed E-state index contributed by atoms with van der Waals surface area (Å²) in [5, 5.41) is 11.4. The summed E-state index contributed by atoms with van der Waals surface area (Å²) in [6.45, 7) is 1.23. The Labute approximate surface area is 144 Å². The fraction of sp³-hybridized carbons (Fsp3) is 0.278. The molecule has 0 bridgehead atoms. The molecule has 1 aliphatic rings. The standard InChI is InChI=1S/C18H19N5O2/c19-10-15-9-13(11-25-15)18(24)20-14-6-4-12(5-7-14)17-22-21-16-3-1-2-8-23(16)17/h4-7,9,11H,1-3,8,10,19H2,(H,20,24). The van der Waals surface area contributed by atoms with Crippen molar-refractivity contribution in [3.05, 3.63) is 53.7 Å². The highest BCUT2D eigenvalue weighted by Crippen LogP contribution is 2.24. The Hall–Kier alpha value is -2.93. The van der Waals surface area contributed by atoms with Gasteiger partial charge in [0, 0.05) is 24.2 Å². The first-order valence-electron chi connectivity index (χ1n) is 8.36. The average Bonchev–Trinajstić information content (AvgIpc) is 3.29. The van der Waals surface area contributed by atoms with Gasteiger partial charge in [0.2, 0.25) is 0 Å². The second-order valence-corrected chi connectivity index (χ2v) is 6.09. The zero-order chi connectivity index (χ0) is 17.2. The number of aromatic nitrogens is 3. The SMILES string of the molecule is NCc1cc(C(=O)Nc2ccc(-c3nnc4n3CCCC4)cc2)co1. The summed E-state index contributed by atoms with van der Waals surface area (Å²) >= 11 is 0. The summed E-state index contributed by atoms with van der Waals surface area (Å²) in [5.74, 6) is 2.29. The van der Waals surface area contributed by atoms with Crippen LogP contribution in [0.1, 0.15) is 34.8 Å². The molecular weight excluding hydrogens is 318 g/mol. The molecule has 25 heavy (non-hydrogen) atoms. The number of aryl methyl sites for hydroxylation is 1. The van der Waals surface area contributed by atoms with Crippen LogP contribution in [0.25, 0.3) is 11.4 Å². The second-order valence-electron chi connectivity index (χ2n) is 6.09. The maximum atomic E-state index is 12.2. The lowest BCUT2D eigenvalue weighted by molar-refractivity contribution is 0.102. The van der Waals surface area contributed by atoms with Crippen molar-refractivity contribution in [2.75, 3.05) is 5.32 Å². The van der Waals surface area contributed by atoms with Gasteiger partial charge in [0.1, 0.15) is 17.8 Å². The van der Waals surface area contributed by atoms with Gasteiger partial charge in [-0.1, -0.05) is 0 Å². The third-order valence-electron chi connectivity index (χ3n) is 4.38. The molecule has 0 saturated heterocycles. The number of benzene rings is 1. The number of nitrogens with zero attached hydrogens (tertiary/aromatic N) is 3. The van der Waals surface area contributed by atoms with Crippen LogP contribution in [0.4, 0.5) is 5.69 Å². The number of furan rings is 1. The molecule has 0 atom stereocenters. The maximum absolute atomic E-state index is 12.2. The molecule has 0 radical (unpaired) electrons. The normalized spacial score (nSPS) is 13.5. The molecule has 1 aliphatic heterocycles. The number of anilines is 1. The van der Waals surface area contributed by atoms with Gasteiger partial charge in [0.15, 0.2) is 5.82 Å². The highest BCUT2D eigenvalue weighted by Gasteiger charge is 2.17. The monoisotopic (exact) mass is 337 g/mol. The molecule has 1 aromatic carbocycles. The molecule has 7 nitrogen and oxygen atoms in total. The first-order chi connectivity index (χ1) is 12.2. The van der Waals surface area contributed by atoms with Crippen LogP contribution in [0.15, 0.2) is 41.0 Å². The zero-order valence-electron chi connectivity index (χ0n) is 13.7. The highest BCUT2D eigenvalue weighted by molar-refractivity contribution is 6.04. The Bertz CT molecular complexity index is 895. The van der Waals surface area contributed by atoms with Crippen LogP contribution in [-0.2, 0) is 19.5 Å². The van der Waals surface area contributed by atoms with E-state index in [0.29, 0.717) is 17.0 Å². The van der Waals surface area contributed by atoms with Crippen LogP contribution in [0.3, 0.4) is 0 Å². The number of hydrogen-bond donors (Lipinski definition) is 2. The summed E-state index contributed by atoms with van der Waals surface area (Å²) in [5.41, 5.74) is 7.65. The quantitative estimate of drug-likeness (QED) is 0.762. The summed E-state index contributed by atoms with van der Waals surface area (Å²) in [4.78, 5) is 12.2. The Morgan fingerprint density at radius 2 is 2.08 bits per heavy atom. The van der Waals surface area contributed by atoms with E-state index in [1.165, 1.54) is 12.7 Å². The lowest BCUT2D eigenvalue weighted by atomic mass is 10.1. The van der Waals surface area contributed by atoms with E-state index in [9.17, 15) is 4.79 Å². The van der Waals surface area contributed by atoms with Crippen molar-refractivity contribution in [1.29, 1.82) is 0 Å². The summed E-state index contributed by atoms with van der Waals surface area (Å²) in [6.07, 6.45) is 4.72. The number of rotatable bonds is 4. The molecule has 0 spiro atoms. The van der Waals surface area contributed by atoms with Crippen molar-refractivity contribution in [1.82, 2.24) is 14.8 Å². The van der Waals surface area contributed by atoms with Gasteiger partial charge < -0.3 is 20.0 Å². The number of fused-ring (bicyclic) bond motifs is 1. The molecular formula is C18H19N5O2. The number of nitrogens with one attached hydrogen (secondary N) is 1. The lowest BCUT2D eigenvalue weighted by Crippen LogP contribution is -2.12. The van der Waals surface area contributed by atoms with E-state index >= 15 is 0 Å². The fourth-order valence-corrected chi connectivity index (χ4v) is 3.03. The summed E-state index contributed by atoms with van der Waals surface area (Å²) in [7, 11) is 0. The Kier molecular flexibility index (Phi) is 4.07. The first-order valence-corrected chi connectivity index (χ1v) is 8.36. The van der Waals surface area contributed by atoms with Gasteiger partial charge in [0.05, 0.1) is 12.1 Å². The van der Waals surface area contributed by atoms with E-state index in [1.54, 1.807) is 6.07 Å². The number of carbonyl (C=O) groups excluding carboxylic acids is 1. The summed E-state index contributed by atoms with van der Waals surface area (Å²) < 4.78 is 7.37. The number of carbonyl (C=O) groups is 1. The van der Waals surface area contributed by atoms with Crippen molar-refractivity contribution in [2.45, 2.75) is 32.4 Å². The largest absolute Gasteiger partial charge is 0.467 e. The third kappa shape index (κ3) is 3.06. The van der Waals surface area contributed by atoms with E-state index in [4.69, 9.17) is 10.2 Å². The molecule has 0 aliphatic carbocycles. The second kappa shape index (κ2) is 6.52. The predicted octanol–water partition coefficient (Wildman–Crippen LogP) is 2.59. The molecule has 1 amide bonds. The van der Waals surface area contributed by atoms with E-state index in [2.05, 4.69) is 20.1 Å². The lowest BCUT2D eigenvalue weighted by Gasteiger charge is -2.14. The van der Waals surface area contributed by atoms with Gasteiger partial charge >= 0.3 is 0 Å². The molecule has 3 N–H and O–H groups in total. The average molecular weight is 337 g/mol. The van der Waals surface area contributed by atoms with Crippen LogP contribution in [0.2, 0.25) is 0 Å². The Morgan fingerprint density at radius 1 is 1.24 bits per heavy atom. The van der Waals surface area contributed by atoms with E-state index in [-0.39, 0.29) is 12.5 Å². The summed E-state index contributed by atoms with van der Waals surface area (Å²) in [6, 6.07) is 9.26. The third-order valence-corrected chi connectivity index (χ3v) is 4.38. The minimum Gasteiger partial charge on any atom is -0.467 e. The van der Waals surface area contributed by atoms with Gasteiger partial charge in [0.25, 0.3) is 5.91 Å². The topological polar surface area (TPSA) is 99.0 Å². The number of hydrogen-bond acceptors (Lipinski definition) is 5. The van der Waals surface area contributed by atoms with Crippen molar-refractivity contribution >= 4 is 11.6 Å². The van der Waals surface area contributed by atoms with Crippen LogP contribution in [0.5, 0.6) is 0 Å². The Morgan fingerprint density at radius 3 is 2.84 bits per heavy atom. The smallest absolute Gasteiger partial charge is 0.258 e. The molecule has 128 valence electrons. The van der Waals surface area contributed by atoms with Crippen molar-refractivity contribution in [2.24, 2.45) is 5.73 Å². The molecule has 0 unspecified atom stereocenters. The minimum absolute atomic E-state index is 0.226. The highest BCUT2D eigenvalue weighted by atomic mass is 16.3. The molecule has 4 rings (SSSR count). The van der Waals surface area contributed by atoms with Gasteiger partial charge in [-0.2, -0.15) is 0 Å². The van der Waals surface area contributed by atoms with E-state index < -0.39 is 0 Å². The van der Waals surface area contributed by atoms with E-state index in [0.717, 1.165) is 36.6 Å². The van der Waals surface area contributed by atoms with Gasteiger partial charge in [-0.3, -0.25) is 4.79 Å². The zero-order valence-corrected chi connectivity index (χ0v) is 13.7. The molecule has 2 aromatic heterocycles.